The van der Waals surface area contributed by atoms with E-state index in [1.807, 2.05) is 13.8 Å². The third-order valence-electron chi connectivity index (χ3n) is 3.24. The van der Waals surface area contributed by atoms with Gasteiger partial charge in [0.2, 0.25) is 5.95 Å². The number of hydrogen-bond donors (Lipinski definition) is 1. The van der Waals surface area contributed by atoms with Gasteiger partial charge in [0.15, 0.2) is 0 Å². The summed E-state index contributed by atoms with van der Waals surface area (Å²) >= 11 is 0. The molecule has 0 amide bonds. The molecule has 1 fully saturated rings. The van der Waals surface area contributed by atoms with E-state index in [1.165, 1.54) is 0 Å². The lowest BCUT2D eigenvalue weighted by Crippen LogP contribution is -2.33. The fourth-order valence-electron chi connectivity index (χ4n) is 2.06. The molecular weight excluding hydrogens is 204 g/mol. The molecule has 0 radical (unpaired) electrons. The number of nitrogens with two attached hydrogens (primary N) is 1. The van der Waals surface area contributed by atoms with Crippen molar-refractivity contribution < 1.29 is 0 Å². The van der Waals surface area contributed by atoms with Crippen LogP contribution < -0.4 is 16.2 Å². The number of anilines is 1. The van der Waals surface area contributed by atoms with Gasteiger partial charge in [0.25, 0.3) is 5.56 Å². The van der Waals surface area contributed by atoms with Crippen molar-refractivity contribution in [3.63, 3.8) is 0 Å². The van der Waals surface area contributed by atoms with Crippen molar-refractivity contribution in [3.05, 3.63) is 21.6 Å². The van der Waals surface area contributed by atoms with Gasteiger partial charge in [-0.25, -0.2) is 4.98 Å². The summed E-state index contributed by atoms with van der Waals surface area (Å²) in [7, 11) is 1.76. The Balaban J connectivity index is 2.46. The van der Waals surface area contributed by atoms with Crippen LogP contribution in [0.3, 0.4) is 0 Å². The summed E-state index contributed by atoms with van der Waals surface area (Å²) in [6.07, 6.45) is 0.961. The number of nitrogens with zero attached hydrogens (tertiary/aromatic N) is 3. The molecule has 2 rings (SSSR count). The van der Waals surface area contributed by atoms with Gasteiger partial charge in [-0.3, -0.25) is 9.36 Å². The van der Waals surface area contributed by atoms with Crippen molar-refractivity contribution in [3.8, 4) is 0 Å². The third-order valence-corrected chi connectivity index (χ3v) is 3.24. The second-order valence-corrected chi connectivity index (χ2v) is 4.48. The summed E-state index contributed by atoms with van der Waals surface area (Å²) in [6, 6.07) is 0.193. The Kier molecular flexibility index (Phi) is 2.71. The Morgan fingerprint density at radius 3 is 2.69 bits per heavy atom. The van der Waals surface area contributed by atoms with Gasteiger partial charge in [-0.1, -0.05) is 0 Å². The maximum Gasteiger partial charge on any atom is 0.257 e. The highest BCUT2D eigenvalue weighted by Gasteiger charge is 2.23. The van der Waals surface area contributed by atoms with Crippen LogP contribution >= 0.6 is 0 Å². The summed E-state index contributed by atoms with van der Waals surface area (Å²) in [5.74, 6) is 0.737. The lowest BCUT2D eigenvalue weighted by atomic mass is 10.3. The molecule has 0 aromatic carbocycles. The maximum absolute atomic E-state index is 11.9. The van der Waals surface area contributed by atoms with Crippen LogP contribution in [0.25, 0.3) is 0 Å². The van der Waals surface area contributed by atoms with Crippen LogP contribution in [0.1, 0.15) is 17.7 Å². The molecule has 1 atom stereocenters. The first-order chi connectivity index (χ1) is 7.50. The van der Waals surface area contributed by atoms with Crippen LogP contribution in [0.15, 0.2) is 4.79 Å². The molecule has 88 valence electrons. The Labute approximate surface area is 94.9 Å². The quantitative estimate of drug-likeness (QED) is 0.722. The van der Waals surface area contributed by atoms with E-state index in [2.05, 4.69) is 9.88 Å². The molecule has 0 bridgehead atoms. The van der Waals surface area contributed by atoms with Gasteiger partial charge < -0.3 is 10.6 Å². The summed E-state index contributed by atoms with van der Waals surface area (Å²) in [5.41, 5.74) is 7.41. The molecule has 1 aromatic heterocycles. The summed E-state index contributed by atoms with van der Waals surface area (Å²) in [6.45, 7) is 5.34. The SMILES string of the molecule is Cc1nc(N2CCC(N)C2)n(C)c(=O)c1C. The highest BCUT2D eigenvalue weighted by molar-refractivity contribution is 5.36. The minimum Gasteiger partial charge on any atom is -0.341 e. The fraction of sp³-hybridized carbons (Fsp3) is 0.636. The Hall–Kier alpha value is -1.36. The Bertz CT molecular complexity index is 466. The van der Waals surface area contributed by atoms with Crippen molar-refractivity contribution in [1.29, 1.82) is 0 Å². The van der Waals surface area contributed by atoms with E-state index in [4.69, 9.17) is 5.73 Å². The maximum atomic E-state index is 11.9. The lowest BCUT2D eigenvalue weighted by Gasteiger charge is -2.20. The number of aryl methyl sites for hydroxylation is 1. The second kappa shape index (κ2) is 3.90. The predicted molar refractivity (Wildman–Crippen MR) is 63.8 cm³/mol. The highest BCUT2D eigenvalue weighted by Crippen LogP contribution is 2.16. The molecule has 0 spiro atoms. The van der Waals surface area contributed by atoms with Gasteiger partial charge in [-0.05, 0) is 20.3 Å². The number of hydrogen-bond acceptors (Lipinski definition) is 4. The van der Waals surface area contributed by atoms with Crippen molar-refractivity contribution in [2.75, 3.05) is 18.0 Å². The molecule has 1 aliphatic rings. The standard InChI is InChI=1S/C11H18N4O/c1-7-8(2)13-11(14(3)10(7)16)15-5-4-9(12)6-15/h9H,4-6,12H2,1-3H3. The Morgan fingerprint density at radius 2 is 2.12 bits per heavy atom. The van der Waals surface area contributed by atoms with Crippen LogP contribution in [-0.2, 0) is 7.05 Å². The zero-order chi connectivity index (χ0) is 11.9. The molecule has 1 aliphatic heterocycles. The topological polar surface area (TPSA) is 64.2 Å². The molecule has 1 unspecified atom stereocenters. The summed E-state index contributed by atoms with van der Waals surface area (Å²) in [5, 5.41) is 0. The van der Waals surface area contributed by atoms with E-state index in [0.29, 0.717) is 0 Å². The minimum absolute atomic E-state index is 0.0305. The van der Waals surface area contributed by atoms with Gasteiger partial charge >= 0.3 is 0 Å². The average Bonchev–Trinajstić information content (AvgIpc) is 2.67. The largest absolute Gasteiger partial charge is 0.341 e. The second-order valence-electron chi connectivity index (χ2n) is 4.48. The van der Waals surface area contributed by atoms with Gasteiger partial charge in [0.1, 0.15) is 0 Å². The molecule has 16 heavy (non-hydrogen) atoms. The third kappa shape index (κ3) is 1.71. The number of rotatable bonds is 1. The van der Waals surface area contributed by atoms with Crippen molar-refractivity contribution in [2.24, 2.45) is 12.8 Å². The molecule has 2 heterocycles. The normalized spacial score (nSPS) is 20.5. The molecule has 2 N–H and O–H groups in total. The van der Waals surface area contributed by atoms with Crippen LogP contribution in [0.5, 0.6) is 0 Å². The summed E-state index contributed by atoms with van der Waals surface area (Å²) in [4.78, 5) is 18.5. The lowest BCUT2D eigenvalue weighted by molar-refractivity contribution is 0.729. The van der Waals surface area contributed by atoms with Gasteiger partial charge in [0, 0.05) is 37.4 Å². The van der Waals surface area contributed by atoms with E-state index in [9.17, 15) is 4.79 Å². The Morgan fingerprint density at radius 1 is 1.44 bits per heavy atom. The first-order valence-corrected chi connectivity index (χ1v) is 5.55. The van der Waals surface area contributed by atoms with Gasteiger partial charge in [-0.15, -0.1) is 0 Å². The van der Waals surface area contributed by atoms with E-state index < -0.39 is 0 Å². The fourth-order valence-corrected chi connectivity index (χ4v) is 2.06. The smallest absolute Gasteiger partial charge is 0.257 e. The van der Waals surface area contributed by atoms with Crippen molar-refractivity contribution in [1.82, 2.24) is 9.55 Å². The monoisotopic (exact) mass is 222 g/mol. The molecule has 0 saturated carbocycles. The van der Waals surface area contributed by atoms with Crippen LogP contribution in [0, 0.1) is 13.8 Å². The molecular formula is C11H18N4O. The zero-order valence-corrected chi connectivity index (χ0v) is 10.0. The highest BCUT2D eigenvalue weighted by atomic mass is 16.1. The van der Waals surface area contributed by atoms with Crippen LogP contribution in [0.2, 0.25) is 0 Å². The average molecular weight is 222 g/mol. The predicted octanol–water partition coefficient (Wildman–Crippen LogP) is -0.0655. The number of aromatic nitrogens is 2. The summed E-state index contributed by atoms with van der Waals surface area (Å²) < 4.78 is 1.61. The molecule has 1 saturated heterocycles. The molecule has 1 aromatic rings. The minimum atomic E-state index is 0.0305. The van der Waals surface area contributed by atoms with E-state index >= 15 is 0 Å². The van der Waals surface area contributed by atoms with E-state index in [-0.39, 0.29) is 11.6 Å². The van der Waals surface area contributed by atoms with Crippen LogP contribution in [0.4, 0.5) is 5.95 Å². The first-order valence-electron chi connectivity index (χ1n) is 5.55. The molecule has 5 nitrogen and oxygen atoms in total. The van der Waals surface area contributed by atoms with Gasteiger partial charge in [0.05, 0.1) is 0 Å². The van der Waals surface area contributed by atoms with E-state index in [1.54, 1.807) is 11.6 Å². The van der Waals surface area contributed by atoms with E-state index in [0.717, 1.165) is 36.7 Å². The first kappa shape index (κ1) is 11.1. The van der Waals surface area contributed by atoms with Crippen molar-refractivity contribution in [2.45, 2.75) is 26.3 Å². The van der Waals surface area contributed by atoms with Crippen molar-refractivity contribution >= 4 is 5.95 Å². The molecule has 0 aliphatic carbocycles. The van der Waals surface area contributed by atoms with Crippen LogP contribution in [-0.4, -0.2) is 28.7 Å². The van der Waals surface area contributed by atoms with Gasteiger partial charge in [-0.2, -0.15) is 0 Å². The zero-order valence-electron chi connectivity index (χ0n) is 10.0. The molecule has 5 heteroatoms.